The van der Waals surface area contributed by atoms with Crippen LogP contribution >= 0.6 is 0 Å². The zero-order valence-electron chi connectivity index (χ0n) is 12.5. The molecule has 0 unspecified atom stereocenters. The number of hydrogen-bond acceptors (Lipinski definition) is 3. The number of rotatable bonds is 5. The van der Waals surface area contributed by atoms with Crippen molar-refractivity contribution in [1.82, 2.24) is 9.71 Å². The topological polar surface area (TPSA) is 59.1 Å². The zero-order chi connectivity index (χ0) is 15.5. The van der Waals surface area contributed by atoms with Crippen LogP contribution in [0.3, 0.4) is 0 Å². The van der Waals surface area contributed by atoms with Gasteiger partial charge in [-0.15, -0.1) is 0 Å². The highest BCUT2D eigenvalue weighted by Crippen LogP contribution is 2.22. The van der Waals surface area contributed by atoms with Crippen molar-refractivity contribution in [1.29, 1.82) is 0 Å². The highest BCUT2D eigenvalue weighted by Gasteiger charge is 2.21. The number of nitrogens with one attached hydrogen (secondary N) is 1. The van der Waals surface area contributed by atoms with Gasteiger partial charge < -0.3 is 0 Å². The third-order valence-corrected chi connectivity index (χ3v) is 5.07. The second-order valence-corrected chi connectivity index (χ2v) is 6.81. The van der Waals surface area contributed by atoms with Gasteiger partial charge in [0, 0.05) is 18.4 Å². The number of aromatic nitrogens is 1. The van der Waals surface area contributed by atoms with Crippen molar-refractivity contribution < 1.29 is 8.42 Å². The maximum atomic E-state index is 12.6. The van der Waals surface area contributed by atoms with Crippen LogP contribution in [0.5, 0.6) is 0 Å². The van der Waals surface area contributed by atoms with E-state index in [1.54, 1.807) is 18.5 Å². The Balaban J connectivity index is 2.32. The van der Waals surface area contributed by atoms with Crippen LogP contribution in [0.25, 0.3) is 0 Å². The van der Waals surface area contributed by atoms with Gasteiger partial charge in [0.05, 0.1) is 4.90 Å². The van der Waals surface area contributed by atoms with Crippen molar-refractivity contribution in [3.63, 3.8) is 0 Å². The summed E-state index contributed by atoms with van der Waals surface area (Å²) in [7, 11) is -3.54. The Kier molecular flexibility index (Phi) is 4.75. The van der Waals surface area contributed by atoms with Gasteiger partial charge in [-0.1, -0.05) is 24.6 Å². The fraction of sp³-hybridized carbons (Fsp3) is 0.312. The lowest BCUT2D eigenvalue weighted by Crippen LogP contribution is -2.28. The van der Waals surface area contributed by atoms with Crippen LogP contribution in [0.1, 0.15) is 36.1 Å². The number of pyridine rings is 1. The van der Waals surface area contributed by atoms with Crippen molar-refractivity contribution in [3.05, 3.63) is 59.4 Å². The van der Waals surface area contributed by atoms with Gasteiger partial charge in [-0.3, -0.25) is 4.98 Å². The lowest BCUT2D eigenvalue weighted by Gasteiger charge is -2.18. The van der Waals surface area contributed by atoms with Crippen LogP contribution in [0.15, 0.2) is 47.6 Å². The van der Waals surface area contributed by atoms with E-state index in [0.29, 0.717) is 11.3 Å². The molecule has 0 spiro atoms. The molecule has 0 amide bonds. The van der Waals surface area contributed by atoms with E-state index in [4.69, 9.17) is 0 Å². The van der Waals surface area contributed by atoms with E-state index in [-0.39, 0.29) is 6.04 Å². The van der Waals surface area contributed by atoms with Crippen molar-refractivity contribution in [2.24, 2.45) is 0 Å². The summed E-state index contributed by atoms with van der Waals surface area (Å²) in [4.78, 5) is 4.30. The summed E-state index contributed by atoms with van der Waals surface area (Å²) in [5.41, 5.74) is 2.72. The molecular weight excluding hydrogens is 284 g/mol. The summed E-state index contributed by atoms with van der Waals surface area (Å²) in [6, 6.07) is 8.76. The molecule has 4 nitrogen and oxygen atoms in total. The second kappa shape index (κ2) is 6.37. The average molecular weight is 304 g/mol. The van der Waals surface area contributed by atoms with Crippen LogP contribution in [0.4, 0.5) is 0 Å². The number of nitrogens with zero attached hydrogens (tertiary/aromatic N) is 1. The minimum absolute atomic E-state index is 0.251. The SMILES string of the molecule is CC[C@@H](NS(=O)(=O)c1ccc(C)cc1C)c1ccncc1. The van der Waals surface area contributed by atoms with Crippen molar-refractivity contribution >= 4 is 10.0 Å². The minimum Gasteiger partial charge on any atom is -0.265 e. The molecule has 0 aliphatic carbocycles. The minimum atomic E-state index is -3.54. The molecule has 1 aromatic heterocycles. The number of benzene rings is 1. The Labute approximate surface area is 126 Å². The molecule has 2 rings (SSSR count). The Bertz CT molecular complexity index is 712. The smallest absolute Gasteiger partial charge is 0.241 e. The Morgan fingerprint density at radius 2 is 1.81 bits per heavy atom. The summed E-state index contributed by atoms with van der Waals surface area (Å²) < 4.78 is 27.9. The number of aryl methyl sites for hydroxylation is 2. The Hall–Kier alpha value is -1.72. The molecule has 0 fully saturated rings. The van der Waals surface area contributed by atoms with E-state index in [2.05, 4.69) is 9.71 Å². The first-order valence-corrected chi connectivity index (χ1v) is 8.42. The highest BCUT2D eigenvalue weighted by atomic mass is 32.2. The molecule has 0 saturated heterocycles. The molecule has 1 aromatic carbocycles. The summed E-state index contributed by atoms with van der Waals surface area (Å²) in [6.45, 7) is 5.72. The van der Waals surface area contributed by atoms with Gasteiger partial charge in [0.15, 0.2) is 0 Å². The van der Waals surface area contributed by atoms with E-state index < -0.39 is 10.0 Å². The van der Waals surface area contributed by atoms with Crippen LogP contribution < -0.4 is 4.72 Å². The monoisotopic (exact) mass is 304 g/mol. The Morgan fingerprint density at radius 1 is 1.14 bits per heavy atom. The first kappa shape index (κ1) is 15.7. The van der Waals surface area contributed by atoms with Gasteiger partial charge in [0.1, 0.15) is 0 Å². The fourth-order valence-electron chi connectivity index (χ4n) is 2.33. The molecule has 1 atom stereocenters. The van der Waals surface area contributed by atoms with Crippen molar-refractivity contribution in [2.75, 3.05) is 0 Å². The average Bonchev–Trinajstić information content (AvgIpc) is 2.45. The lowest BCUT2D eigenvalue weighted by atomic mass is 10.1. The molecule has 0 aliphatic rings. The van der Waals surface area contributed by atoms with Crippen LogP contribution in [-0.4, -0.2) is 13.4 Å². The van der Waals surface area contributed by atoms with Gasteiger partial charge in [0.25, 0.3) is 0 Å². The number of hydrogen-bond donors (Lipinski definition) is 1. The largest absolute Gasteiger partial charge is 0.265 e. The van der Waals surface area contributed by atoms with Gasteiger partial charge in [-0.25, -0.2) is 13.1 Å². The molecule has 0 radical (unpaired) electrons. The molecule has 1 heterocycles. The molecule has 2 aromatic rings. The van der Waals surface area contributed by atoms with E-state index in [1.807, 2.05) is 45.0 Å². The van der Waals surface area contributed by atoms with E-state index in [9.17, 15) is 8.42 Å². The summed E-state index contributed by atoms with van der Waals surface area (Å²) >= 11 is 0. The normalized spacial score (nSPS) is 13.1. The molecule has 112 valence electrons. The summed E-state index contributed by atoms with van der Waals surface area (Å²) in [5, 5.41) is 0. The summed E-state index contributed by atoms with van der Waals surface area (Å²) in [5.74, 6) is 0. The molecule has 0 aliphatic heterocycles. The van der Waals surface area contributed by atoms with Crippen LogP contribution in [0.2, 0.25) is 0 Å². The predicted octanol–water partition coefficient (Wildman–Crippen LogP) is 3.13. The number of sulfonamides is 1. The van der Waals surface area contributed by atoms with Gasteiger partial charge in [0.2, 0.25) is 10.0 Å². The quantitative estimate of drug-likeness (QED) is 0.923. The highest BCUT2D eigenvalue weighted by molar-refractivity contribution is 7.89. The van der Waals surface area contributed by atoms with Gasteiger partial charge >= 0.3 is 0 Å². The molecule has 0 bridgehead atoms. The van der Waals surface area contributed by atoms with E-state index >= 15 is 0 Å². The van der Waals surface area contributed by atoms with E-state index in [0.717, 1.165) is 16.7 Å². The van der Waals surface area contributed by atoms with Crippen LogP contribution in [-0.2, 0) is 10.0 Å². The van der Waals surface area contributed by atoms with Gasteiger partial charge in [-0.05, 0) is 49.6 Å². The molecule has 0 saturated carbocycles. The van der Waals surface area contributed by atoms with E-state index in [1.165, 1.54) is 0 Å². The first-order chi connectivity index (χ1) is 9.94. The fourth-order valence-corrected chi connectivity index (χ4v) is 3.87. The third-order valence-electron chi connectivity index (χ3n) is 3.43. The lowest BCUT2D eigenvalue weighted by molar-refractivity contribution is 0.549. The maximum absolute atomic E-state index is 12.6. The third kappa shape index (κ3) is 3.68. The first-order valence-electron chi connectivity index (χ1n) is 6.93. The predicted molar refractivity (Wildman–Crippen MR) is 83.5 cm³/mol. The van der Waals surface area contributed by atoms with Crippen molar-refractivity contribution in [2.45, 2.75) is 38.1 Å². The standard InChI is InChI=1S/C16H20N2O2S/c1-4-15(14-7-9-17-10-8-14)18-21(19,20)16-6-5-12(2)11-13(16)3/h5-11,15,18H,4H2,1-3H3/t15-/m1/s1. The molecule has 5 heteroatoms. The summed E-state index contributed by atoms with van der Waals surface area (Å²) in [6.07, 6.45) is 4.01. The Morgan fingerprint density at radius 3 is 2.38 bits per heavy atom. The van der Waals surface area contributed by atoms with Gasteiger partial charge in [-0.2, -0.15) is 0 Å². The second-order valence-electron chi connectivity index (χ2n) is 5.13. The van der Waals surface area contributed by atoms with Crippen LogP contribution in [0, 0.1) is 13.8 Å². The maximum Gasteiger partial charge on any atom is 0.241 e. The molecular formula is C16H20N2O2S. The zero-order valence-corrected chi connectivity index (χ0v) is 13.3. The molecule has 21 heavy (non-hydrogen) atoms. The van der Waals surface area contributed by atoms with Crippen molar-refractivity contribution in [3.8, 4) is 0 Å². The molecule has 1 N–H and O–H groups in total.